The van der Waals surface area contributed by atoms with Crippen LogP contribution in [-0.4, -0.2) is 48.4 Å². The van der Waals surface area contributed by atoms with Crippen molar-refractivity contribution < 1.29 is 14.6 Å². The second-order valence-electron chi connectivity index (χ2n) is 6.98. The summed E-state index contributed by atoms with van der Waals surface area (Å²) in [5.74, 6) is 0.806. The van der Waals surface area contributed by atoms with E-state index in [1.165, 1.54) is 4.68 Å². The van der Waals surface area contributed by atoms with E-state index in [1.807, 2.05) is 24.3 Å². The van der Waals surface area contributed by atoms with Crippen molar-refractivity contribution in [3.05, 3.63) is 78.3 Å². The Morgan fingerprint density at radius 3 is 2.68 bits per heavy atom. The molecule has 9 nitrogen and oxygen atoms in total. The summed E-state index contributed by atoms with van der Waals surface area (Å²) in [7, 11) is 1.71. The van der Waals surface area contributed by atoms with Gasteiger partial charge in [-0.05, 0) is 36.4 Å². The number of carbonyl (C=O) groups excluding carboxylic acids is 1. The molecule has 0 aliphatic rings. The molecular weight excluding hydrogens is 396 g/mol. The number of aryl methyl sites for hydroxylation is 1. The molecule has 31 heavy (non-hydrogen) atoms. The Morgan fingerprint density at radius 2 is 1.94 bits per heavy atom. The zero-order valence-corrected chi connectivity index (χ0v) is 17.0. The van der Waals surface area contributed by atoms with E-state index in [0.717, 1.165) is 5.69 Å². The smallest absolute Gasteiger partial charge is 0.270 e. The summed E-state index contributed by atoms with van der Waals surface area (Å²) in [5, 5.41) is 17.6. The highest BCUT2D eigenvalue weighted by molar-refractivity contribution is 6.05. The number of amides is 1. The van der Waals surface area contributed by atoms with Crippen LogP contribution in [0.1, 0.15) is 22.0 Å². The van der Waals surface area contributed by atoms with Gasteiger partial charge >= 0.3 is 0 Å². The highest BCUT2D eigenvalue weighted by Gasteiger charge is 2.21. The second-order valence-corrected chi connectivity index (χ2v) is 6.98. The van der Waals surface area contributed by atoms with Crippen LogP contribution in [0, 0.1) is 0 Å². The number of fused-ring (bicyclic) bond motifs is 1. The summed E-state index contributed by atoms with van der Waals surface area (Å²) in [6.45, 7) is 0.0794. The largest absolute Gasteiger partial charge is 0.487 e. The molecule has 1 amide bonds. The molecule has 0 radical (unpaired) electrons. The van der Waals surface area contributed by atoms with Gasteiger partial charge in [0.05, 0.1) is 23.9 Å². The Kier molecular flexibility index (Phi) is 6.13. The van der Waals surface area contributed by atoms with Gasteiger partial charge in [-0.3, -0.25) is 14.5 Å². The molecule has 0 saturated carbocycles. The molecule has 3 heterocycles. The molecule has 0 saturated heterocycles. The van der Waals surface area contributed by atoms with Crippen molar-refractivity contribution in [1.82, 2.24) is 30.0 Å². The molecule has 1 unspecified atom stereocenters. The monoisotopic (exact) mass is 418 g/mol. The third-order valence-electron chi connectivity index (χ3n) is 4.74. The van der Waals surface area contributed by atoms with Gasteiger partial charge in [0.1, 0.15) is 23.9 Å². The van der Waals surface area contributed by atoms with Crippen LogP contribution in [0.15, 0.2) is 61.1 Å². The van der Waals surface area contributed by atoms with E-state index < -0.39 is 6.04 Å². The van der Waals surface area contributed by atoms with Gasteiger partial charge in [-0.25, -0.2) is 9.97 Å². The summed E-state index contributed by atoms with van der Waals surface area (Å²) in [6, 6.07) is 12.2. The predicted octanol–water partition coefficient (Wildman–Crippen LogP) is 1.67. The Bertz CT molecular complexity index is 1160. The van der Waals surface area contributed by atoms with Crippen LogP contribution < -0.4 is 10.1 Å². The van der Waals surface area contributed by atoms with Crippen LogP contribution in [0.5, 0.6) is 5.75 Å². The summed E-state index contributed by atoms with van der Waals surface area (Å²) < 4.78 is 7.36. The number of carbonyl (C=O) groups is 1. The summed E-state index contributed by atoms with van der Waals surface area (Å²) in [5.41, 5.74) is 1.86. The molecule has 0 fully saturated rings. The summed E-state index contributed by atoms with van der Waals surface area (Å²) >= 11 is 0. The number of aromatic nitrogens is 5. The first-order valence-corrected chi connectivity index (χ1v) is 9.81. The Hall–Kier alpha value is -3.85. The maximum atomic E-state index is 13.0. The van der Waals surface area contributed by atoms with Crippen molar-refractivity contribution >= 4 is 16.8 Å². The average Bonchev–Trinajstić information content (AvgIpc) is 3.13. The van der Waals surface area contributed by atoms with E-state index >= 15 is 0 Å². The van der Waals surface area contributed by atoms with Crippen molar-refractivity contribution in [2.75, 3.05) is 6.61 Å². The van der Waals surface area contributed by atoms with Crippen LogP contribution in [0.2, 0.25) is 0 Å². The van der Waals surface area contributed by atoms with E-state index in [2.05, 4.69) is 25.4 Å². The quantitative estimate of drug-likeness (QED) is 0.447. The molecule has 4 aromatic rings. The van der Waals surface area contributed by atoms with Gasteiger partial charge in [-0.2, -0.15) is 5.10 Å². The number of pyridine rings is 1. The van der Waals surface area contributed by atoms with Crippen molar-refractivity contribution in [3.63, 3.8) is 0 Å². The minimum atomic E-state index is -0.525. The molecular formula is C22H22N6O3. The maximum Gasteiger partial charge on any atom is 0.270 e. The van der Waals surface area contributed by atoms with Gasteiger partial charge in [0.2, 0.25) is 0 Å². The van der Waals surface area contributed by atoms with E-state index in [9.17, 15) is 9.90 Å². The number of benzene rings is 1. The Morgan fingerprint density at radius 1 is 1.13 bits per heavy atom. The number of aliphatic hydroxyl groups is 1. The van der Waals surface area contributed by atoms with E-state index in [0.29, 0.717) is 41.2 Å². The molecule has 1 atom stereocenters. The van der Waals surface area contributed by atoms with Crippen LogP contribution in [0.4, 0.5) is 0 Å². The number of hydrogen-bond acceptors (Lipinski definition) is 7. The number of hydrogen-bond donors (Lipinski definition) is 2. The molecule has 2 N–H and O–H groups in total. The Labute approximate surface area is 178 Å². The van der Waals surface area contributed by atoms with E-state index in [-0.39, 0.29) is 12.5 Å². The number of ether oxygens (including phenoxy) is 1. The zero-order chi connectivity index (χ0) is 21.6. The van der Waals surface area contributed by atoms with Crippen molar-refractivity contribution in [2.24, 2.45) is 7.05 Å². The van der Waals surface area contributed by atoms with Gasteiger partial charge in [-0.1, -0.05) is 6.07 Å². The van der Waals surface area contributed by atoms with Gasteiger partial charge in [0.15, 0.2) is 0 Å². The van der Waals surface area contributed by atoms with Crippen LogP contribution in [0.25, 0.3) is 10.9 Å². The first kappa shape index (κ1) is 20.4. The summed E-state index contributed by atoms with van der Waals surface area (Å²) in [6.07, 6.45) is 5.28. The molecule has 4 rings (SSSR count). The highest BCUT2D eigenvalue weighted by atomic mass is 16.5. The van der Waals surface area contributed by atoms with Crippen molar-refractivity contribution in [2.45, 2.75) is 19.1 Å². The number of aliphatic hydroxyl groups excluding tert-OH is 1. The SMILES string of the molecule is Cn1nc2ccc(OCc3ccccn3)cc2c1C(=O)NC(CO)Cc1ncccn1. The standard InChI is InChI=1S/C22H22N6O3/c1-28-21(22(30)26-16(13-29)11-20-24-9-4-10-25-20)18-12-17(6-7-19(18)27-28)31-14-15-5-2-3-8-23-15/h2-10,12,16,29H,11,13-14H2,1H3,(H,26,30). The summed E-state index contributed by atoms with van der Waals surface area (Å²) in [4.78, 5) is 25.6. The van der Waals surface area contributed by atoms with Crippen LogP contribution in [0.3, 0.4) is 0 Å². The third-order valence-corrected chi connectivity index (χ3v) is 4.74. The fraction of sp³-hybridized carbons (Fsp3) is 0.227. The zero-order valence-electron chi connectivity index (χ0n) is 17.0. The first-order valence-electron chi connectivity index (χ1n) is 9.81. The third kappa shape index (κ3) is 4.84. The minimum Gasteiger partial charge on any atom is -0.487 e. The first-order chi connectivity index (χ1) is 15.1. The van der Waals surface area contributed by atoms with Gasteiger partial charge in [0, 0.05) is 37.4 Å². The molecule has 0 bridgehead atoms. The van der Waals surface area contributed by atoms with Crippen LogP contribution >= 0.6 is 0 Å². The normalized spacial score (nSPS) is 11.9. The van der Waals surface area contributed by atoms with E-state index in [1.54, 1.807) is 43.8 Å². The van der Waals surface area contributed by atoms with Crippen molar-refractivity contribution in [1.29, 1.82) is 0 Å². The lowest BCUT2D eigenvalue weighted by Crippen LogP contribution is -2.40. The number of rotatable bonds is 8. The predicted molar refractivity (Wildman–Crippen MR) is 113 cm³/mol. The number of nitrogens with one attached hydrogen (secondary N) is 1. The van der Waals surface area contributed by atoms with Crippen molar-refractivity contribution in [3.8, 4) is 5.75 Å². The van der Waals surface area contributed by atoms with Gasteiger partial charge in [0.25, 0.3) is 5.91 Å². The minimum absolute atomic E-state index is 0.238. The maximum absolute atomic E-state index is 13.0. The second kappa shape index (κ2) is 9.31. The fourth-order valence-corrected chi connectivity index (χ4v) is 3.25. The fourth-order valence-electron chi connectivity index (χ4n) is 3.25. The van der Waals surface area contributed by atoms with Crippen LogP contribution in [-0.2, 0) is 20.1 Å². The lowest BCUT2D eigenvalue weighted by Gasteiger charge is -2.15. The number of nitrogens with zero attached hydrogens (tertiary/aromatic N) is 5. The topological polar surface area (TPSA) is 115 Å². The van der Waals surface area contributed by atoms with E-state index in [4.69, 9.17) is 4.74 Å². The Balaban J connectivity index is 1.52. The lowest BCUT2D eigenvalue weighted by molar-refractivity contribution is 0.0908. The molecule has 0 spiro atoms. The molecule has 0 aliphatic heterocycles. The average molecular weight is 418 g/mol. The molecule has 9 heteroatoms. The lowest BCUT2D eigenvalue weighted by atomic mass is 10.1. The molecule has 0 aliphatic carbocycles. The molecule has 3 aromatic heterocycles. The van der Waals surface area contributed by atoms with Gasteiger partial charge in [-0.15, -0.1) is 0 Å². The molecule has 158 valence electrons. The highest BCUT2D eigenvalue weighted by Crippen LogP contribution is 2.24. The van der Waals surface area contributed by atoms with Gasteiger partial charge < -0.3 is 15.2 Å². The molecule has 1 aromatic carbocycles.